The van der Waals surface area contributed by atoms with Gasteiger partial charge in [0, 0.05) is 23.5 Å². The number of rotatable bonds is 4. The molecule has 0 spiro atoms. The lowest BCUT2D eigenvalue weighted by Crippen LogP contribution is -2.43. The summed E-state index contributed by atoms with van der Waals surface area (Å²) < 4.78 is 32.5. The first kappa shape index (κ1) is 14.1. The molecule has 3 rings (SSSR count). The van der Waals surface area contributed by atoms with Gasteiger partial charge in [0.1, 0.15) is 12.4 Å². The molecule has 6 heteroatoms. The minimum absolute atomic E-state index is 0.0812. The number of ether oxygens (including phenoxy) is 1. The Morgan fingerprint density at radius 3 is 3.05 bits per heavy atom. The third kappa shape index (κ3) is 2.81. The van der Waals surface area contributed by atoms with Gasteiger partial charge in [0.2, 0.25) is 0 Å². The highest BCUT2D eigenvalue weighted by Gasteiger charge is 2.30. The van der Waals surface area contributed by atoms with Crippen LogP contribution in [0.3, 0.4) is 0 Å². The van der Waals surface area contributed by atoms with Crippen LogP contribution < -0.4 is 15.8 Å². The maximum Gasteiger partial charge on any atom is 0.168 e. The second kappa shape index (κ2) is 5.89. The quantitative estimate of drug-likeness (QED) is 0.888. The normalized spacial score (nSPS) is 20.6. The molecular weight excluding hydrogens is 276 g/mol. The minimum atomic E-state index is -0.623. The number of nitrogens with one attached hydrogen (secondary N) is 1. The molecule has 0 saturated carbocycles. The van der Waals surface area contributed by atoms with Gasteiger partial charge in [-0.15, -0.1) is 0 Å². The lowest BCUT2D eigenvalue weighted by Gasteiger charge is -2.35. The van der Waals surface area contributed by atoms with Gasteiger partial charge in [-0.1, -0.05) is 0 Å². The Balaban J connectivity index is 1.75. The molecule has 2 heterocycles. The molecule has 0 aromatic heterocycles. The molecule has 3 N–H and O–H groups in total. The Kier molecular flexibility index (Phi) is 3.96. The van der Waals surface area contributed by atoms with Gasteiger partial charge in [0.25, 0.3) is 0 Å². The van der Waals surface area contributed by atoms with Crippen molar-refractivity contribution < 1.29 is 13.5 Å². The Morgan fingerprint density at radius 1 is 1.38 bits per heavy atom. The molecule has 114 valence electrons. The van der Waals surface area contributed by atoms with Gasteiger partial charge in [-0.3, -0.25) is 0 Å². The van der Waals surface area contributed by atoms with E-state index >= 15 is 0 Å². The zero-order valence-electron chi connectivity index (χ0n) is 11.7. The van der Waals surface area contributed by atoms with E-state index in [0.717, 1.165) is 18.9 Å². The molecule has 1 aromatic carbocycles. The number of halogens is 2. The third-order valence-electron chi connectivity index (χ3n) is 3.94. The van der Waals surface area contributed by atoms with E-state index in [0.29, 0.717) is 31.8 Å². The average molecular weight is 295 g/mol. The fourth-order valence-electron chi connectivity index (χ4n) is 2.93. The van der Waals surface area contributed by atoms with Crippen LogP contribution in [0.15, 0.2) is 24.0 Å². The number of nitrogens with zero attached hydrogens (tertiary/aromatic N) is 1. The van der Waals surface area contributed by atoms with E-state index in [1.165, 1.54) is 11.8 Å². The van der Waals surface area contributed by atoms with Crippen LogP contribution in [0.25, 0.3) is 0 Å². The molecule has 0 radical (unpaired) electrons. The number of benzene rings is 1. The van der Waals surface area contributed by atoms with E-state index in [9.17, 15) is 8.78 Å². The second-order valence-electron chi connectivity index (χ2n) is 5.40. The van der Waals surface area contributed by atoms with Crippen LogP contribution in [-0.2, 0) is 6.42 Å². The summed E-state index contributed by atoms with van der Waals surface area (Å²) in [6.07, 6.45) is 4.37. The summed E-state index contributed by atoms with van der Waals surface area (Å²) in [6.45, 7) is 1.74. The van der Waals surface area contributed by atoms with E-state index in [-0.39, 0.29) is 11.8 Å². The van der Waals surface area contributed by atoms with Gasteiger partial charge >= 0.3 is 0 Å². The van der Waals surface area contributed by atoms with Crippen LogP contribution >= 0.6 is 0 Å². The van der Waals surface area contributed by atoms with Gasteiger partial charge in [0.15, 0.2) is 11.6 Å². The van der Waals surface area contributed by atoms with Crippen molar-refractivity contribution in [2.24, 2.45) is 5.73 Å². The number of fused-ring (bicyclic) bond motifs is 1. The van der Waals surface area contributed by atoms with E-state index in [1.807, 2.05) is 6.20 Å². The van der Waals surface area contributed by atoms with Crippen LogP contribution in [-0.4, -0.2) is 30.8 Å². The van der Waals surface area contributed by atoms with Crippen molar-refractivity contribution in [3.8, 4) is 5.75 Å². The van der Waals surface area contributed by atoms with Gasteiger partial charge in [-0.05, 0) is 31.9 Å². The van der Waals surface area contributed by atoms with Crippen molar-refractivity contribution in [1.29, 1.82) is 0 Å². The predicted octanol–water partition coefficient (Wildman–Crippen LogP) is 1.71. The van der Waals surface area contributed by atoms with Crippen molar-refractivity contribution in [1.82, 2.24) is 10.2 Å². The van der Waals surface area contributed by atoms with E-state index < -0.39 is 11.6 Å². The standard InChI is InChI=1S/C15H19F2N3O/c16-11-4-10-5-13(8-21-15(10)14(17)6-11)20-9-19-7-12(20)2-1-3-18/h4,6-7,13,19H,1-3,5,8-9,18H2/t13-/m1/s1. The van der Waals surface area contributed by atoms with E-state index in [4.69, 9.17) is 10.5 Å². The highest BCUT2D eigenvalue weighted by molar-refractivity contribution is 5.38. The summed E-state index contributed by atoms with van der Waals surface area (Å²) in [4.78, 5) is 2.20. The third-order valence-corrected chi connectivity index (χ3v) is 3.94. The lowest BCUT2D eigenvalue weighted by molar-refractivity contribution is 0.146. The average Bonchev–Trinajstić information content (AvgIpc) is 2.92. The van der Waals surface area contributed by atoms with Crippen molar-refractivity contribution in [3.05, 3.63) is 41.2 Å². The predicted molar refractivity (Wildman–Crippen MR) is 75.6 cm³/mol. The lowest BCUT2D eigenvalue weighted by atomic mass is 10.0. The number of hydrogen-bond donors (Lipinski definition) is 2. The number of nitrogens with two attached hydrogens (primary N) is 1. The monoisotopic (exact) mass is 295 g/mol. The summed E-state index contributed by atoms with van der Waals surface area (Å²) in [7, 11) is 0. The molecule has 1 atom stereocenters. The van der Waals surface area contributed by atoms with Gasteiger partial charge in [-0.25, -0.2) is 8.78 Å². The zero-order chi connectivity index (χ0) is 14.8. The van der Waals surface area contributed by atoms with E-state index in [1.54, 1.807) is 0 Å². The number of allylic oxidation sites excluding steroid dienone is 1. The van der Waals surface area contributed by atoms with Gasteiger partial charge in [-0.2, -0.15) is 0 Å². The summed E-state index contributed by atoms with van der Waals surface area (Å²) in [5, 5.41) is 3.19. The smallest absolute Gasteiger partial charge is 0.168 e. The van der Waals surface area contributed by atoms with Crippen LogP contribution in [0, 0.1) is 11.6 Å². The van der Waals surface area contributed by atoms with Crippen molar-refractivity contribution >= 4 is 0 Å². The first-order valence-electron chi connectivity index (χ1n) is 7.19. The Labute approximate surface area is 122 Å². The topological polar surface area (TPSA) is 50.5 Å². The SMILES string of the molecule is NCCCC1=CNCN1[C@H]1COc2c(F)cc(F)cc2C1. The molecule has 2 aliphatic rings. The Bertz CT molecular complexity index is 562. The van der Waals surface area contributed by atoms with Gasteiger partial charge < -0.3 is 20.7 Å². The zero-order valence-corrected chi connectivity index (χ0v) is 11.7. The highest BCUT2D eigenvalue weighted by Crippen LogP contribution is 2.32. The molecule has 0 amide bonds. The maximum atomic E-state index is 13.7. The first-order valence-corrected chi connectivity index (χ1v) is 7.19. The van der Waals surface area contributed by atoms with Crippen LogP contribution in [0.2, 0.25) is 0 Å². The van der Waals surface area contributed by atoms with Crippen molar-refractivity contribution in [3.63, 3.8) is 0 Å². The highest BCUT2D eigenvalue weighted by atomic mass is 19.1. The molecule has 0 aliphatic carbocycles. The van der Waals surface area contributed by atoms with Crippen molar-refractivity contribution in [2.75, 3.05) is 19.8 Å². The summed E-state index contributed by atoms with van der Waals surface area (Å²) in [5.41, 5.74) is 7.32. The Hall–Kier alpha value is -1.82. The fraction of sp³-hybridized carbons (Fsp3) is 0.467. The van der Waals surface area contributed by atoms with Crippen LogP contribution in [0.5, 0.6) is 5.75 Å². The summed E-state index contributed by atoms with van der Waals surface area (Å²) in [5.74, 6) is -0.997. The molecular formula is C15H19F2N3O. The molecule has 0 unspecified atom stereocenters. The molecule has 0 saturated heterocycles. The second-order valence-corrected chi connectivity index (χ2v) is 5.40. The van der Waals surface area contributed by atoms with Crippen LogP contribution in [0.1, 0.15) is 18.4 Å². The number of hydrogen-bond acceptors (Lipinski definition) is 4. The van der Waals surface area contributed by atoms with Gasteiger partial charge in [0.05, 0.1) is 12.7 Å². The van der Waals surface area contributed by atoms with Crippen molar-refractivity contribution in [2.45, 2.75) is 25.3 Å². The summed E-state index contributed by atoms with van der Waals surface area (Å²) >= 11 is 0. The van der Waals surface area contributed by atoms with Crippen LogP contribution in [0.4, 0.5) is 8.78 Å². The first-order chi connectivity index (χ1) is 10.2. The molecule has 1 aromatic rings. The molecule has 2 aliphatic heterocycles. The summed E-state index contributed by atoms with van der Waals surface area (Å²) in [6, 6.07) is 2.30. The molecule has 0 fully saturated rings. The molecule has 4 nitrogen and oxygen atoms in total. The van der Waals surface area contributed by atoms with E-state index in [2.05, 4.69) is 10.2 Å². The largest absolute Gasteiger partial charge is 0.488 e. The Morgan fingerprint density at radius 2 is 2.24 bits per heavy atom. The minimum Gasteiger partial charge on any atom is -0.488 e. The molecule has 21 heavy (non-hydrogen) atoms. The molecule has 0 bridgehead atoms. The maximum absolute atomic E-state index is 13.7. The fourth-order valence-corrected chi connectivity index (χ4v) is 2.93.